The van der Waals surface area contributed by atoms with E-state index in [1.807, 2.05) is 131 Å². The molecule has 6 heterocycles. The van der Waals surface area contributed by atoms with E-state index >= 15 is 0 Å². The fraction of sp³-hybridized carbons (Fsp3) is 0.422. The van der Waals surface area contributed by atoms with Crippen molar-refractivity contribution in [3.05, 3.63) is 167 Å². The number of nitrogens with zero attached hydrogens (tertiary/aromatic N) is 6. The number of rotatable bonds is 34. The van der Waals surface area contributed by atoms with Gasteiger partial charge in [-0.15, -0.1) is 11.3 Å². The van der Waals surface area contributed by atoms with Gasteiger partial charge in [0.15, 0.2) is 5.58 Å². The number of hydrogen-bond donors (Lipinski definition) is 0. The molecule has 0 saturated carbocycles. The molecular weight excluding hydrogens is 1250 g/mol. The van der Waals surface area contributed by atoms with Crippen LogP contribution in [0.4, 0.5) is 0 Å². The summed E-state index contributed by atoms with van der Waals surface area (Å²) < 4.78 is 54.2. The first-order valence-electron chi connectivity index (χ1n) is 36.8. The molecule has 6 atom stereocenters. The largest absolute Gasteiger partial charge is 0.743 e. The lowest BCUT2D eigenvalue weighted by Gasteiger charge is -2.26. The molecule has 0 aliphatic carbocycles. The highest BCUT2D eigenvalue weighted by atomic mass is 32.1. The molecule has 0 radical (unpaired) electrons. The third-order valence-corrected chi connectivity index (χ3v) is 21.6. The van der Waals surface area contributed by atoms with Crippen LogP contribution in [0.25, 0.3) is 65.7 Å². The van der Waals surface area contributed by atoms with Gasteiger partial charge in [0.05, 0.1) is 45.5 Å². The summed E-state index contributed by atoms with van der Waals surface area (Å²) in [5.74, 6) is 6.29. The van der Waals surface area contributed by atoms with Crippen LogP contribution in [0.5, 0.6) is 34.5 Å². The molecule has 0 saturated heterocycles. The molecule has 6 unspecified atom stereocenters. The smallest absolute Gasteiger partial charge is 0.503 e. The standard InChI is InChI=1S/C83H96B2N6O7S/c1-10-14-17-29-55(5)42-45-62(58(8)28-13-4)53-92-64-34-26-32-60(49-64)78-76-77(81(91(78)85-97-73-39-23-24-40-74(73)98-85)67(52-87)83-89-68-36-20-25-41-75(68)99-83)79(61-33-27-35-65(50-61)93-54-63(59(9)31-19-16-12-3)46-43-56(6)30-18-15-11-2)90(84-95-71-37-21-22-38-72(71)96-84)80(76)66(51-86)82-88-69-48-57(7)44-47-70(69)94-82/h20-27,32-41,44,47-50,55-56,58-59,62-63H,10-19,28-31,42-43,45-46,53-54H2,1-9H3/b80-66-,81-67-. The van der Waals surface area contributed by atoms with Gasteiger partial charge in [-0.3, -0.25) is 0 Å². The summed E-state index contributed by atoms with van der Waals surface area (Å²) >= 11 is 1.43. The normalized spacial score (nSPS) is 15.1. The van der Waals surface area contributed by atoms with Gasteiger partial charge in [-0.05, 0) is 134 Å². The molecule has 99 heavy (non-hydrogen) atoms. The predicted octanol–water partition coefficient (Wildman–Crippen LogP) is 20.5. The van der Waals surface area contributed by atoms with E-state index in [9.17, 15) is 10.5 Å². The van der Waals surface area contributed by atoms with Crippen molar-refractivity contribution in [3.63, 3.8) is 0 Å². The number of hydrogen-bond acceptors (Lipinski definition) is 12. The maximum absolute atomic E-state index is 12.3. The third kappa shape index (κ3) is 15.8. The summed E-state index contributed by atoms with van der Waals surface area (Å²) in [5, 5.41) is 27.0. The van der Waals surface area contributed by atoms with Gasteiger partial charge in [-0.2, -0.15) is 10.5 Å². The number of aromatic nitrogens is 4. The predicted molar refractivity (Wildman–Crippen MR) is 403 cm³/mol. The van der Waals surface area contributed by atoms with E-state index in [1.165, 1.54) is 82.0 Å². The van der Waals surface area contributed by atoms with Crippen LogP contribution >= 0.6 is 11.3 Å². The van der Waals surface area contributed by atoms with Crippen molar-refractivity contribution >= 4 is 69.1 Å². The van der Waals surface area contributed by atoms with Crippen molar-refractivity contribution in [1.82, 2.24) is 18.9 Å². The summed E-state index contributed by atoms with van der Waals surface area (Å²) in [5.41, 5.74) is 5.65. The van der Waals surface area contributed by atoms with Crippen molar-refractivity contribution < 1.29 is 32.5 Å². The monoisotopic (exact) mass is 1340 g/mol. The van der Waals surface area contributed by atoms with Crippen molar-refractivity contribution in [3.8, 4) is 69.2 Å². The lowest BCUT2D eigenvalue weighted by atomic mass is 9.84. The summed E-state index contributed by atoms with van der Waals surface area (Å²) in [6.45, 7) is 21.8. The number of fused-ring (bicyclic) bond motifs is 5. The Bertz CT molecular complexity index is 4550. The van der Waals surface area contributed by atoms with Gasteiger partial charge in [-0.1, -0.05) is 225 Å². The SMILES string of the molecule is CCCCCC(C)CCC(COc1cccc(-c2c3/c(=C(\C#N)c4nc5cc(C)ccc5o4)n(B4Oc5ccccc5O4)c(-c4cccc(OCC(CCC(C)CCCCC)C(C)CCCCC)c4)c3/c(=C(\C#N)c3nc4ccccc4s3)n2B2Oc3ccccc3O2)c1)C(C)CCC. The van der Waals surface area contributed by atoms with Crippen LogP contribution in [0.1, 0.15) is 187 Å². The van der Waals surface area contributed by atoms with E-state index in [0.29, 0.717) is 143 Å². The highest BCUT2D eigenvalue weighted by Gasteiger charge is 2.46. The minimum absolute atomic E-state index is 0.0809. The van der Waals surface area contributed by atoms with Crippen molar-refractivity contribution in [2.45, 2.75) is 178 Å². The molecule has 0 fully saturated rings. The van der Waals surface area contributed by atoms with Crippen LogP contribution in [0.2, 0.25) is 0 Å². The number of oxazole rings is 1. The summed E-state index contributed by atoms with van der Waals surface area (Å²) in [7, 11) is -2.44. The summed E-state index contributed by atoms with van der Waals surface area (Å²) in [6, 6.07) is 50.7. The van der Waals surface area contributed by atoms with E-state index in [0.717, 1.165) is 60.7 Å². The van der Waals surface area contributed by atoms with Crippen LogP contribution in [0.3, 0.4) is 0 Å². The second-order valence-corrected chi connectivity index (χ2v) is 29.1. The number of nitriles is 2. The Morgan fingerprint density at radius 1 is 0.495 bits per heavy atom. The average Bonchev–Trinajstić information content (AvgIpc) is 1.52. The van der Waals surface area contributed by atoms with E-state index in [4.69, 9.17) is 42.5 Å². The number of aryl methyl sites for hydroxylation is 1. The fourth-order valence-corrected chi connectivity index (χ4v) is 15.7. The van der Waals surface area contributed by atoms with Gasteiger partial charge in [0.25, 0.3) is 0 Å². The fourth-order valence-electron chi connectivity index (χ4n) is 14.7. The minimum atomic E-state index is -1.23. The number of benzene rings is 6. The Morgan fingerprint density at radius 2 is 0.980 bits per heavy atom. The van der Waals surface area contributed by atoms with Crippen LogP contribution in [0, 0.1) is 65.1 Å². The van der Waals surface area contributed by atoms with E-state index < -0.39 is 14.5 Å². The number of unbranched alkanes of at least 4 members (excludes halogenated alkanes) is 6. The number of thiazole rings is 1. The molecule has 6 aromatic carbocycles. The lowest BCUT2D eigenvalue weighted by molar-refractivity contribution is 0.175. The van der Waals surface area contributed by atoms with Gasteiger partial charge in [0.2, 0.25) is 5.89 Å². The number of ether oxygens (including phenoxy) is 2. The molecular formula is C83H96B2N6O7S. The topological polar surface area (TPSA) is 152 Å². The molecule has 2 aliphatic heterocycles. The van der Waals surface area contributed by atoms with Gasteiger partial charge in [0.1, 0.15) is 68.3 Å². The van der Waals surface area contributed by atoms with Crippen molar-refractivity contribution in [1.29, 1.82) is 10.5 Å². The van der Waals surface area contributed by atoms with E-state index in [-0.39, 0.29) is 17.0 Å². The highest BCUT2D eigenvalue weighted by molar-refractivity contribution is 7.19. The van der Waals surface area contributed by atoms with Crippen LogP contribution in [-0.2, 0) is 0 Å². The average molecular weight is 1340 g/mol. The first kappa shape index (κ1) is 70.0. The molecule has 0 bridgehead atoms. The van der Waals surface area contributed by atoms with Gasteiger partial charge >= 0.3 is 14.5 Å². The molecule has 2 aliphatic rings. The molecule has 512 valence electrons. The lowest BCUT2D eigenvalue weighted by Crippen LogP contribution is -2.44. The van der Waals surface area contributed by atoms with Gasteiger partial charge in [0, 0.05) is 21.9 Å². The van der Waals surface area contributed by atoms with Crippen molar-refractivity contribution in [2.75, 3.05) is 13.2 Å². The van der Waals surface area contributed by atoms with Crippen LogP contribution in [-0.4, -0.2) is 46.6 Å². The quantitative estimate of drug-likeness (QED) is 0.0280. The van der Waals surface area contributed by atoms with Gasteiger partial charge in [-0.25, -0.2) is 9.97 Å². The molecule has 0 N–H and O–H groups in total. The van der Waals surface area contributed by atoms with Crippen molar-refractivity contribution in [2.24, 2.45) is 35.5 Å². The second-order valence-electron chi connectivity index (χ2n) is 28.1. The maximum atomic E-state index is 12.3. The first-order chi connectivity index (χ1) is 48.4. The molecule has 0 amide bonds. The minimum Gasteiger partial charge on any atom is -0.503 e. The maximum Gasteiger partial charge on any atom is 0.743 e. The second kappa shape index (κ2) is 32.9. The zero-order chi connectivity index (χ0) is 68.9. The Balaban J connectivity index is 1.16. The molecule has 4 aromatic heterocycles. The third-order valence-electron chi connectivity index (χ3n) is 20.6. The van der Waals surface area contributed by atoms with E-state index in [2.05, 4.69) is 91.8 Å². The molecule has 16 heteroatoms. The van der Waals surface area contributed by atoms with E-state index in [1.54, 1.807) is 0 Å². The zero-order valence-corrected chi connectivity index (χ0v) is 60.3. The molecule has 13 nitrogen and oxygen atoms in total. The van der Waals surface area contributed by atoms with Crippen LogP contribution < -0.4 is 38.8 Å². The Kier molecular flexibility index (Phi) is 23.3. The first-order valence-corrected chi connectivity index (χ1v) is 37.6. The Labute approximate surface area is 590 Å². The van der Waals surface area contributed by atoms with Crippen LogP contribution in [0.15, 0.2) is 144 Å². The molecule has 10 aromatic rings. The highest BCUT2D eigenvalue weighted by Crippen LogP contribution is 2.44. The molecule has 12 rings (SSSR count). The van der Waals surface area contributed by atoms with Gasteiger partial charge < -0.3 is 41.5 Å². The zero-order valence-electron chi connectivity index (χ0n) is 59.5. The summed E-state index contributed by atoms with van der Waals surface area (Å²) in [4.78, 5) is 10.4. The molecule has 0 spiro atoms. The Morgan fingerprint density at radius 3 is 1.47 bits per heavy atom. The number of para-hydroxylation sites is 5. The summed E-state index contributed by atoms with van der Waals surface area (Å²) in [6.07, 6.45) is 21.3. The Hall–Kier alpha value is -8.85.